The topological polar surface area (TPSA) is 40.5 Å². The largest absolute Gasteiger partial charge is 0.390 e. The molecule has 8 aliphatic rings. The van der Waals surface area contributed by atoms with Crippen LogP contribution < -0.4 is 0 Å². The Morgan fingerprint density at radius 1 is 0.840 bits per heavy atom. The minimum Gasteiger partial charge on any atom is -0.390 e. The zero-order valence-electron chi connectivity index (χ0n) is 15.4. The summed E-state index contributed by atoms with van der Waals surface area (Å²) in [5.74, 6) is 5.66. The summed E-state index contributed by atoms with van der Waals surface area (Å²) in [6, 6.07) is 0.560. The number of carbonyl (C=O) groups excluding carboxylic acids is 1. The zero-order chi connectivity index (χ0) is 16.8. The van der Waals surface area contributed by atoms with Gasteiger partial charge in [0, 0.05) is 19.0 Å². The molecule has 4 atom stereocenters. The van der Waals surface area contributed by atoms with Gasteiger partial charge in [0.05, 0.1) is 5.60 Å². The van der Waals surface area contributed by atoms with Crippen molar-refractivity contribution in [3.8, 4) is 0 Å². The van der Waals surface area contributed by atoms with Gasteiger partial charge >= 0.3 is 0 Å². The highest BCUT2D eigenvalue weighted by Crippen LogP contribution is 2.59. The first-order valence-corrected chi connectivity index (χ1v) is 11.1. The SMILES string of the molecule is O=C(CC1C2CC3CC1CC(O)(C3)C2)N1CC2CC3CC(C2)CC1C3. The molecule has 2 heterocycles. The maximum atomic E-state index is 13.4. The molecule has 1 N–H and O–H groups in total. The van der Waals surface area contributed by atoms with Crippen LogP contribution in [0.3, 0.4) is 0 Å². The van der Waals surface area contributed by atoms with Crippen LogP contribution in [0.1, 0.15) is 70.6 Å². The van der Waals surface area contributed by atoms with Crippen molar-refractivity contribution in [1.82, 2.24) is 4.90 Å². The molecule has 0 aromatic rings. The second-order valence-corrected chi connectivity index (χ2v) is 11.0. The van der Waals surface area contributed by atoms with Crippen LogP contribution in [0.4, 0.5) is 0 Å². The Bertz CT molecular complexity index is 559. The first-order valence-electron chi connectivity index (χ1n) is 11.1. The lowest BCUT2D eigenvalue weighted by molar-refractivity contribution is -0.161. The molecule has 4 unspecified atom stereocenters. The lowest BCUT2D eigenvalue weighted by Gasteiger charge is -2.58. The van der Waals surface area contributed by atoms with Crippen LogP contribution in [0.15, 0.2) is 0 Å². The van der Waals surface area contributed by atoms with Crippen molar-refractivity contribution >= 4 is 5.91 Å². The van der Waals surface area contributed by atoms with Crippen LogP contribution in [-0.2, 0) is 4.79 Å². The van der Waals surface area contributed by atoms with Gasteiger partial charge in [0.1, 0.15) is 0 Å². The number of hydrogen-bond donors (Lipinski definition) is 1. The fraction of sp³-hybridized carbons (Fsp3) is 0.955. The van der Waals surface area contributed by atoms with Gasteiger partial charge in [-0.05, 0) is 106 Å². The Morgan fingerprint density at radius 3 is 2.12 bits per heavy atom. The lowest BCUT2D eigenvalue weighted by Crippen LogP contribution is -2.55. The Balaban J connectivity index is 1.19. The van der Waals surface area contributed by atoms with E-state index in [1.807, 2.05) is 0 Å². The molecule has 1 amide bonds. The fourth-order valence-electron chi connectivity index (χ4n) is 8.83. The summed E-state index contributed by atoms with van der Waals surface area (Å²) in [6.07, 6.45) is 13.2. The first-order chi connectivity index (χ1) is 12.0. The summed E-state index contributed by atoms with van der Waals surface area (Å²) in [6.45, 7) is 1.06. The standard InChI is InChI=1S/C22H33NO2/c24-21(23-12-16-2-13-1-14(3-16)7-19(23)6-13)8-20-17-4-15-5-18(20)11-22(25,9-15)10-17/h13-20,25H,1-12H2. The van der Waals surface area contributed by atoms with E-state index in [2.05, 4.69) is 4.90 Å². The van der Waals surface area contributed by atoms with Gasteiger partial charge < -0.3 is 10.0 Å². The molecular weight excluding hydrogens is 310 g/mol. The van der Waals surface area contributed by atoms with E-state index in [1.54, 1.807) is 0 Å². The Morgan fingerprint density at radius 2 is 1.48 bits per heavy atom. The predicted molar refractivity (Wildman–Crippen MR) is 95.7 cm³/mol. The summed E-state index contributed by atoms with van der Waals surface area (Å²) in [7, 11) is 0. The molecule has 3 nitrogen and oxygen atoms in total. The first kappa shape index (κ1) is 15.5. The van der Waals surface area contributed by atoms with Gasteiger partial charge in [-0.25, -0.2) is 0 Å². The normalized spacial score (nSPS) is 55.6. The smallest absolute Gasteiger partial charge is 0.223 e. The Hall–Kier alpha value is -0.570. The molecule has 8 rings (SSSR count). The molecule has 8 bridgehead atoms. The van der Waals surface area contributed by atoms with Crippen LogP contribution in [0.25, 0.3) is 0 Å². The molecule has 138 valence electrons. The zero-order valence-corrected chi connectivity index (χ0v) is 15.4. The number of nitrogens with zero attached hydrogens (tertiary/aromatic N) is 1. The van der Waals surface area contributed by atoms with Gasteiger partial charge in [-0.1, -0.05) is 0 Å². The fourth-order valence-corrected chi connectivity index (χ4v) is 8.83. The summed E-state index contributed by atoms with van der Waals surface area (Å²) >= 11 is 0. The number of amides is 1. The van der Waals surface area contributed by atoms with Crippen LogP contribution >= 0.6 is 0 Å². The molecule has 6 aliphatic carbocycles. The Labute approximate surface area is 151 Å². The number of fused-ring (bicyclic) bond motifs is 1. The van der Waals surface area contributed by atoms with E-state index in [-0.39, 0.29) is 5.60 Å². The van der Waals surface area contributed by atoms with Crippen LogP contribution in [0, 0.1) is 41.4 Å². The van der Waals surface area contributed by atoms with Crippen molar-refractivity contribution in [3.63, 3.8) is 0 Å². The van der Waals surface area contributed by atoms with Gasteiger partial charge in [0.25, 0.3) is 0 Å². The molecule has 6 saturated carbocycles. The average molecular weight is 344 g/mol. The van der Waals surface area contributed by atoms with Crippen molar-refractivity contribution < 1.29 is 9.90 Å². The van der Waals surface area contributed by atoms with Crippen molar-refractivity contribution in [1.29, 1.82) is 0 Å². The van der Waals surface area contributed by atoms with Crippen LogP contribution in [-0.4, -0.2) is 34.1 Å². The highest BCUT2D eigenvalue weighted by atomic mass is 16.3. The predicted octanol–water partition coefficient (Wildman–Crippen LogP) is 3.60. The molecule has 0 aromatic heterocycles. The molecule has 0 radical (unpaired) electrons. The van der Waals surface area contributed by atoms with Crippen molar-refractivity contribution in [2.45, 2.75) is 82.3 Å². The van der Waals surface area contributed by atoms with Gasteiger partial charge in [-0.2, -0.15) is 0 Å². The van der Waals surface area contributed by atoms with E-state index in [0.717, 1.165) is 55.9 Å². The lowest BCUT2D eigenvalue weighted by atomic mass is 9.49. The van der Waals surface area contributed by atoms with Gasteiger partial charge in [-0.3, -0.25) is 4.79 Å². The van der Waals surface area contributed by atoms with Gasteiger partial charge in [0.15, 0.2) is 0 Å². The highest BCUT2D eigenvalue weighted by Gasteiger charge is 2.55. The second kappa shape index (κ2) is 5.24. The van der Waals surface area contributed by atoms with Gasteiger partial charge in [-0.15, -0.1) is 0 Å². The van der Waals surface area contributed by atoms with Crippen LogP contribution in [0.2, 0.25) is 0 Å². The quantitative estimate of drug-likeness (QED) is 0.832. The van der Waals surface area contributed by atoms with E-state index in [4.69, 9.17) is 0 Å². The maximum Gasteiger partial charge on any atom is 0.223 e. The van der Waals surface area contributed by atoms with E-state index < -0.39 is 0 Å². The molecule has 0 aromatic carbocycles. The van der Waals surface area contributed by atoms with E-state index in [1.165, 1.54) is 44.9 Å². The molecule has 2 saturated heterocycles. The second-order valence-electron chi connectivity index (χ2n) is 11.0. The molecule has 3 heteroatoms. The number of aliphatic hydroxyl groups is 1. The molecular formula is C22H33NO2. The molecule has 25 heavy (non-hydrogen) atoms. The van der Waals surface area contributed by atoms with Crippen LogP contribution in [0.5, 0.6) is 0 Å². The van der Waals surface area contributed by atoms with Gasteiger partial charge in [0.2, 0.25) is 5.91 Å². The summed E-state index contributed by atoms with van der Waals surface area (Å²) in [5, 5.41) is 10.8. The maximum absolute atomic E-state index is 13.4. The molecule has 8 fully saturated rings. The summed E-state index contributed by atoms with van der Waals surface area (Å²) < 4.78 is 0. The third-order valence-electron chi connectivity index (χ3n) is 9.27. The third-order valence-corrected chi connectivity index (χ3v) is 9.27. The minimum atomic E-state index is -0.365. The van der Waals surface area contributed by atoms with E-state index >= 15 is 0 Å². The van der Waals surface area contributed by atoms with Crippen molar-refractivity contribution in [2.24, 2.45) is 41.4 Å². The van der Waals surface area contributed by atoms with E-state index in [0.29, 0.717) is 29.7 Å². The molecule has 0 spiro atoms. The monoisotopic (exact) mass is 343 g/mol. The Kier molecular flexibility index (Phi) is 3.25. The number of rotatable bonds is 2. The number of carbonyl (C=O) groups is 1. The van der Waals surface area contributed by atoms with Crippen molar-refractivity contribution in [2.75, 3.05) is 6.54 Å². The number of hydrogen-bond acceptors (Lipinski definition) is 2. The third kappa shape index (κ3) is 2.44. The molecule has 2 aliphatic heterocycles. The summed E-state index contributed by atoms with van der Waals surface area (Å²) in [5.41, 5.74) is -0.365. The van der Waals surface area contributed by atoms with E-state index in [9.17, 15) is 9.90 Å². The highest BCUT2D eigenvalue weighted by molar-refractivity contribution is 5.77. The minimum absolute atomic E-state index is 0.365. The van der Waals surface area contributed by atoms with Crippen molar-refractivity contribution in [3.05, 3.63) is 0 Å². The summed E-state index contributed by atoms with van der Waals surface area (Å²) in [4.78, 5) is 15.7. The average Bonchev–Trinajstić information content (AvgIpc) is 2.73.